The molecule has 1 N–H and O–H groups in total. The Bertz CT molecular complexity index is 2570. The standard InChI is InChI=1S/3C17H14O.C10H13NO3S/c3*18-17(13-11-15-7-3-1-4-8-15)14-12-16-9-5-2-6-10-16;1-7-6-9(8(2)12)4-5-10(7)11-15(3,13)14/h3*1-14H;4-6,11H,1-3H3. The molecule has 7 aromatic carbocycles. The van der Waals surface area contributed by atoms with E-state index in [0.717, 1.165) is 45.2 Å². The molecule has 0 bridgehead atoms. The Morgan fingerprint density at radius 2 is 0.609 bits per heavy atom. The highest BCUT2D eigenvalue weighted by Gasteiger charge is 2.07. The lowest BCUT2D eigenvalue weighted by atomic mass is 10.1. The van der Waals surface area contributed by atoms with Gasteiger partial charge in [0.15, 0.2) is 23.1 Å². The van der Waals surface area contributed by atoms with Gasteiger partial charge in [-0.3, -0.25) is 23.9 Å². The highest BCUT2D eigenvalue weighted by atomic mass is 32.2. The number of Topliss-reactive ketones (excluding diaryl/α,β-unsaturated/α-hetero) is 1. The molecule has 0 saturated carbocycles. The second kappa shape index (κ2) is 29.8. The van der Waals surface area contributed by atoms with Crippen molar-refractivity contribution >= 4 is 75.3 Å². The number of nitrogens with one attached hydrogen (secondary N) is 1. The molecule has 0 atom stereocenters. The summed E-state index contributed by atoms with van der Waals surface area (Å²) in [6, 6.07) is 63.5. The minimum absolute atomic E-state index is 0.0114. The topological polar surface area (TPSA) is 114 Å². The highest BCUT2D eigenvalue weighted by Crippen LogP contribution is 2.18. The first-order valence-electron chi connectivity index (χ1n) is 21.9. The molecule has 7 aromatic rings. The number of ketones is 4. The zero-order chi connectivity index (χ0) is 49.5. The molecule has 0 aliphatic carbocycles. The number of carbonyl (C=O) groups is 4. The molecule has 8 heteroatoms. The van der Waals surface area contributed by atoms with Crippen LogP contribution in [0.5, 0.6) is 0 Å². The van der Waals surface area contributed by atoms with Gasteiger partial charge in [-0.2, -0.15) is 0 Å². The number of aryl methyl sites for hydroxylation is 1. The second-order valence-corrected chi connectivity index (χ2v) is 16.9. The van der Waals surface area contributed by atoms with Gasteiger partial charge in [-0.05, 0) is 107 Å². The third-order valence-electron chi connectivity index (χ3n) is 9.37. The number of allylic oxidation sites excluding steroid dienone is 6. The number of rotatable bonds is 15. The van der Waals surface area contributed by atoms with Crippen LogP contribution < -0.4 is 4.72 Å². The molecule has 0 saturated heterocycles. The van der Waals surface area contributed by atoms with Gasteiger partial charge in [-0.1, -0.05) is 218 Å². The molecule has 0 heterocycles. The monoisotopic (exact) mass is 929 g/mol. The van der Waals surface area contributed by atoms with E-state index in [0.29, 0.717) is 11.3 Å². The molecule has 0 aliphatic rings. The zero-order valence-corrected chi connectivity index (χ0v) is 39.7. The lowest BCUT2D eigenvalue weighted by Crippen LogP contribution is -2.10. The first kappa shape index (κ1) is 53.0. The SMILES string of the molecule is CC(=O)c1ccc(NS(C)(=O)=O)c(C)c1.O=C(C=Cc1ccccc1)C=Cc1ccccc1.O=C(C=Cc1ccccc1)C=Cc1ccccc1.O=C(C=Cc1ccccc1)C=Cc1ccccc1. The maximum Gasteiger partial charge on any atom is 0.229 e. The summed E-state index contributed by atoms with van der Waals surface area (Å²) in [6.45, 7) is 3.22. The van der Waals surface area contributed by atoms with Crippen LogP contribution in [0.2, 0.25) is 0 Å². The van der Waals surface area contributed by atoms with Crippen molar-refractivity contribution in [1.29, 1.82) is 0 Å². The van der Waals surface area contributed by atoms with E-state index >= 15 is 0 Å². The van der Waals surface area contributed by atoms with Gasteiger partial charge in [0, 0.05) is 5.56 Å². The first-order valence-corrected chi connectivity index (χ1v) is 23.8. The summed E-state index contributed by atoms with van der Waals surface area (Å²) >= 11 is 0. The van der Waals surface area contributed by atoms with Gasteiger partial charge in [-0.25, -0.2) is 8.42 Å². The Balaban J connectivity index is 0.000000201. The molecule has 7 rings (SSSR count). The van der Waals surface area contributed by atoms with Gasteiger partial charge in [0.2, 0.25) is 10.0 Å². The van der Waals surface area contributed by atoms with Gasteiger partial charge >= 0.3 is 0 Å². The quantitative estimate of drug-likeness (QED) is 0.0809. The Morgan fingerprint density at radius 3 is 0.797 bits per heavy atom. The van der Waals surface area contributed by atoms with E-state index in [4.69, 9.17) is 0 Å². The summed E-state index contributed by atoms with van der Waals surface area (Å²) in [6.07, 6.45) is 21.5. The summed E-state index contributed by atoms with van der Waals surface area (Å²) in [7, 11) is -3.27. The fourth-order valence-corrected chi connectivity index (χ4v) is 6.45. The molecule has 0 unspecified atom stereocenters. The number of anilines is 1. The molecular weight excluding hydrogens is 875 g/mol. The van der Waals surface area contributed by atoms with Crippen molar-refractivity contribution in [3.05, 3.63) is 281 Å². The number of carbonyl (C=O) groups excluding carboxylic acids is 4. The van der Waals surface area contributed by atoms with Crippen LogP contribution in [0.4, 0.5) is 5.69 Å². The number of hydrogen-bond donors (Lipinski definition) is 1. The van der Waals surface area contributed by atoms with Crippen molar-refractivity contribution in [3.8, 4) is 0 Å². The van der Waals surface area contributed by atoms with Crippen LogP contribution in [0.3, 0.4) is 0 Å². The van der Waals surface area contributed by atoms with E-state index in [1.54, 1.807) is 61.6 Å². The number of benzene rings is 7. The van der Waals surface area contributed by atoms with Crippen LogP contribution in [0.25, 0.3) is 36.5 Å². The molecule has 0 amide bonds. The van der Waals surface area contributed by atoms with Crippen LogP contribution in [0, 0.1) is 6.92 Å². The van der Waals surface area contributed by atoms with Crippen LogP contribution in [0.15, 0.2) is 237 Å². The van der Waals surface area contributed by atoms with Crippen molar-refractivity contribution in [3.63, 3.8) is 0 Å². The molecule has 0 radical (unpaired) electrons. The summed E-state index contributed by atoms with van der Waals surface area (Å²) in [5, 5.41) is 0. The van der Waals surface area contributed by atoms with Crippen molar-refractivity contribution in [2.75, 3.05) is 11.0 Å². The lowest BCUT2D eigenvalue weighted by Gasteiger charge is -2.08. The molecule has 69 heavy (non-hydrogen) atoms. The van der Waals surface area contributed by atoms with E-state index in [1.165, 1.54) is 6.92 Å². The Hall–Kier alpha value is -8.59. The minimum atomic E-state index is -3.27. The van der Waals surface area contributed by atoms with Crippen molar-refractivity contribution in [2.24, 2.45) is 0 Å². The van der Waals surface area contributed by atoms with E-state index in [2.05, 4.69) is 4.72 Å². The molecular formula is C61H55NO6S. The van der Waals surface area contributed by atoms with Crippen LogP contribution in [-0.2, 0) is 24.4 Å². The van der Waals surface area contributed by atoms with Crippen LogP contribution in [-0.4, -0.2) is 37.8 Å². The summed E-state index contributed by atoms with van der Waals surface area (Å²) in [5.41, 5.74) is 7.97. The van der Waals surface area contributed by atoms with Gasteiger partial charge in [-0.15, -0.1) is 0 Å². The molecule has 0 aliphatic heterocycles. The van der Waals surface area contributed by atoms with E-state index in [1.807, 2.05) is 218 Å². The Labute approximate surface area is 407 Å². The minimum Gasteiger partial charge on any atom is -0.295 e. The maximum atomic E-state index is 11.6. The molecule has 0 spiro atoms. The van der Waals surface area contributed by atoms with Gasteiger partial charge < -0.3 is 0 Å². The first-order chi connectivity index (χ1) is 33.3. The molecule has 346 valence electrons. The van der Waals surface area contributed by atoms with Crippen molar-refractivity contribution in [1.82, 2.24) is 0 Å². The summed E-state index contributed by atoms with van der Waals surface area (Å²) in [4.78, 5) is 45.9. The maximum absolute atomic E-state index is 11.6. The zero-order valence-electron chi connectivity index (χ0n) is 38.8. The predicted octanol–water partition coefficient (Wildman–Crippen LogP) is 13.5. The fourth-order valence-electron chi connectivity index (χ4n) is 5.82. The normalized spacial score (nSPS) is 11.1. The van der Waals surface area contributed by atoms with Gasteiger partial charge in [0.05, 0.1) is 11.9 Å². The van der Waals surface area contributed by atoms with E-state index in [9.17, 15) is 27.6 Å². The summed E-state index contributed by atoms with van der Waals surface area (Å²) in [5.74, 6) is -0.0721. The molecule has 0 aromatic heterocycles. The summed E-state index contributed by atoms with van der Waals surface area (Å²) < 4.78 is 24.4. The fraction of sp³-hybridized carbons (Fsp3) is 0.0492. The second-order valence-electron chi connectivity index (χ2n) is 15.1. The van der Waals surface area contributed by atoms with Crippen LogP contribution >= 0.6 is 0 Å². The largest absolute Gasteiger partial charge is 0.295 e. The Morgan fingerprint density at radius 1 is 0.377 bits per heavy atom. The number of hydrogen-bond acceptors (Lipinski definition) is 6. The average molecular weight is 930 g/mol. The van der Waals surface area contributed by atoms with E-state index in [-0.39, 0.29) is 23.1 Å². The smallest absolute Gasteiger partial charge is 0.229 e. The van der Waals surface area contributed by atoms with Crippen molar-refractivity contribution in [2.45, 2.75) is 13.8 Å². The van der Waals surface area contributed by atoms with Gasteiger partial charge in [0.25, 0.3) is 0 Å². The third kappa shape index (κ3) is 23.4. The lowest BCUT2D eigenvalue weighted by molar-refractivity contribution is -0.111. The predicted molar refractivity (Wildman–Crippen MR) is 288 cm³/mol. The van der Waals surface area contributed by atoms with E-state index < -0.39 is 10.0 Å². The van der Waals surface area contributed by atoms with Gasteiger partial charge in [0.1, 0.15) is 0 Å². The Kier molecular flexibility index (Phi) is 22.9. The van der Waals surface area contributed by atoms with Crippen molar-refractivity contribution < 1.29 is 27.6 Å². The van der Waals surface area contributed by atoms with Crippen LogP contribution in [0.1, 0.15) is 56.2 Å². The highest BCUT2D eigenvalue weighted by molar-refractivity contribution is 7.92. The number of sulfonamides is 1. The average Bonchev–Trinajstić information content (AvgIpc) is 3.37. The molecule has 7 nitrogen and oxygen atoms in total. The molecule has 0 fully saturated rings. The third-order valence-corrected chi connectivity index (χ3v) is 9.96.